The molecular weight excluding hydrogens is 292 g/mol. The molecule has 18 heavy (non-hydrogen) atoms. The maximum absolute atomic E-state index is 9.30. The Kier molecular flexibility index (Phi) is 5.01. The number of anilines is 1. The number of aliphatic hydroxyl groups excluding tert-OH is 1. The van der Waals surface area contributed by atoms with E-state index in [9.17, 15) is 5.11 Å². The van der Waals surface area contributed by atoms with Crippen LogP contribution in [-0.2, 0) is 0 Å². The molecule has 0 atom stereocenters. The summed E-state index contributed by atoms with van der Waals surface area (Å²) in [6.07, 6.45) is 8.19. The van der Waals surface area contributed by atoms with Crippen LogP contribution in [0.15, 0.2) is 16.7 Å². The first-order valence-electron chi connectivity index (χ1n) is 6.72. The van der Waals surface area contributed by atoms with Gasteiger partial charge in [-0.1, -0.05) is 19.3 Å². The second-order valence-electron chi connectivity index (χ2n) is 4.97. The second kappa shape index (κ2) is 6.53. The molecule has 0 radical (unpaired) electrons. The van der Waals surface area contributed by atoms with Crippen molar-refractivity contribution in [1.29, 1.82) is 0 Å². The van der Waals surface area contributed by atoms with Crippen LogP contribution in [0.2, 0.25) is 0 Å². The number of halogens is 1. The van der Waals surface area contributed by atoms with Crippen molar-refractivity contribution >= 4 is 21.7 Å². The Labute approximate surface area is 117 Å². The van der Waals surface area contributed by atoms with Crippen molar-refractivity contribution in [1.82, 2.24) is 4.98 Å². The number of nitrogens with zero attached hydrogens (tertiary/aromatic N) is 2. The molecule has 1 saturated carbocycles. The molecule has 1 aliphatic rings. The molecule has 100 valence electrons. The molecule has 0 unspecified atom stereocenters. The van der Waals surface area contributed by atoms with Gasteiger partial charge >= 0.3 is 0 Å². The number of aryl methyl sites for hydroxylation is 1. The summed E-state index contributed by atoms with van der Waals surface area (Å²) in [5, 5.41) is 9.30. The minimum absolute atomic E-state index is 0.179. The van der Waals surface area contributed by atoms with Gasteiger partial charge in [0.15, 0.2) is 0 Å². The van der Waals surface area contributed by atoms with E-state index in [0.717, 1.165) is 10.3 Å². The molecule has 1 aromatic heterocycles. The molecule has 4 heteroatoms. The molecular formula is C14H21BrN2O. The fourth-order valence-corrected chi connectivity index (χ4v) is 3.15. The van der Waals surface area contributed by atoms with Crippen LogP contribution >= 0.6 is 15.9 Å². The summed E-state index contributed by atoms with van der Waals surface area (Å²) in [6, 6.07) is 2.53. The summed E-state index contributed by atoms with van der Waals surface area (Å²) in [5.74, 6) is 0.982. The molecule has 3 nitrogen and oxygen atoms in total. The number of aliphatic hydroxyl groups is 1. The molecule has 0 aromatic carbocycles. The smallest absolute Gasteiger partial charge is 0.143 e. The zero-order chi connectivity index (χ0) is 13.0. The van der Waals surface area contributed by atoms with Gasteiger partial charge in [-0.15, -0.1) is 0 Å². The zero-order valence-corrected chi connectivity index (χ0v) is 12.5. The fraction of sp³-hybridized carbons (Fsp3) is 0.643. The molecule has 1 aromatic rings. The Morgan fingerprint density at radius 1 is 1.39 bits per heavy atom. The van der Waals surface area contributed by atoms with E-state index >= 15 is 0 Å². The molecule has 0 aliphatic heterocycles. The minimum atomic E-state index is 0.179. The largest absolute Gasteiger partial charge is 0.395 e. The predicted octanol–water partition coefficient (Wildman–Crippen LogP) is 3.28. The number of pyridine rings is 1. The molecule has 2 rings (SSSR count). The molecule has 1 N–H and O–H groups in total. The highest BCUT2D eigenvalue weighted by Gasteiger charge is 2.23. The van der Waals surface area contributed by atoms with Gasteiger partial charge in [-0.25, -0.2) is 4.98 Å². The molecule has 0 saturated heterocycles. The Balaban J connectivity index is 2.25. The first-order valence-corrected chi connectivity index (χ1v) is 7.52. The van der Waals surface area contributed by atoms with Crippen LogP contribution in [0.1, 0.15) is 37.7 Å². The maximum atomic E-state index is 9.30. The van der Waals surface area contributed by atoms with Crippen LogP contribution in [-0.4, -0.2) is 29.3 Å². The third-order valence-electron chi connectivity index (χ3n) is 3.69. The second-order valence-corrected chi connectivity index (χ2v) is 5.77. The van der Waals surface area contributed by atoms with Gasteiger partial charge in [-0.2, -0.15) is 0 Å². The molecule has 0 amide bonds. The summed E-state index contributed by atoms with van der Waals surface area (Å²) >= 11 is 3.63. The monoisotopic (exact) mass is 312 g/mol. The van der Waals surface area contributed by atoms with Crippen molar-refractivity contribution in [3.63, 3.8) is 0 Å². The van der Waals surface area contributed by atoms with Gasteiger partial charge in [0.1, 0.15) is 5.82 Å². The van der Waals surface area contributed by atoms with Crippen molar-refractivity contribution in [3.05, 3.63) is 22.3 Å². The Morgan fingerprint density at radius 2 is 2.11 bits per heavy atom. The number of aromatic nitrogens is 1. The summed E-state index contributed by atoms with van der Waals surface area (Å²) in [5.41, 5.74) is 1.19. The van der Waals surface area contributed by atoms with Crippen LogP contribution in [0.5, 0.6) is 0 Å². The van der Waals surface area contributed by atoms with E-state index in [1.807, 2.05) is 12.3 Å². The van der Waals surface area contributed by atoms with Crippen LogP contribution in [0.4, 0.5) is 5.82 Å². The molecule has 1 aliphatic carbocycles. The van der Waals surface area contributed by atoms with Crippen LogP contribution in [0.25, 0.3) is 0 Å². The van der Waals surface area contributed by atoms with Gasteiger partial charge in [-0.3, -0.25) is 0 Å². The van der Waals surface area contributed by atoms with E-state index < -0.39 is 0 Å². The van der Waals surface area contributed by atoms with Crippen molar-refractivity contribution in [2.24, 2.45) is 0 Å². The Morgan fingerprint density at radius 3 is 2.78 bits per heavy atom. The zero-order valence-electron chi connectivity index (χ0n) is 10.9. The summed E-state index contributed by atoms with van der Waals surface area (Å²) < 4.78 is 1.06. The highest BCUT2D eigenvalue weighted by molar-refractivity contribution is 9.10. The third-order valence-corrected chi connectivity index (χ3v) is 4.67. The average Bonchev–Trinajstić information content (AvgIpc) is 2.41. The van der Waals surface area contributed by atoms with Gasteiger partial charge in [0.2, 0.25) is 0 Å². The van der Waals surface area contributed by atoms with E-state index in [-0.39, 0.29) is 6.61 Å². The normalized spacial score (nSPS) is 16.8. The van der Waals surface area contributed by atoms with Crippen molar-refractivity contribution < 1.29 is 5.11 Å². The lowest BCUT2D eigenvalue weighted by Crippen LogP contribution is -2.39. The number of hydrogen-bond donors (Lipinski definition) is 1. The predicted molar refractivity (Wildman–Crippen MR) is 78.0 cm³/mol. The van der Waals surface area contributed by atoms with E-state index in [0.29, 0.717) is 12.6 Å². The first kappa shape index (κ1) is 13.8. The topological polar surface area (TPSA) is 36.4 Å². The van der Waals surface area contributed by atoms with Crippen LogP contribution in [0, 0.1) is 6.92 Å². The first-order chi connectivity index (χ1) is 8.74. The Bertz CT molecular complexity index is 391. The summed E-state index contributed by atoms with van der Waals surface area (Å²) in [7, 11) is 0. The molecule has 1 heterocycles. The lowest BCUT2D eigenvalue weighted by molar-refractivity contribution is 0.289. The quantitative estimate of drug-likeness (QED) is 0.927. The molecule has 0 spiro atoms. The highest BCUT2D eigenvalue weighted by atomic mass is 79.9. The number of hydrogen-bond acceptors (Lipinski definition) is 3. The van der Waals surface area contributed by atoms with Gasteiger partial charge in [0, 0.05) is 18.8 Å². The lowest BCUT2D eigenvalue weighted by atomic mass is 9.94. The van der Waals surface area contributed by atoms with Crippen LogP contribution in [0.3, 0.4) is 0 Å². The van der Waals surface area contributed by atoms with Gasteiger partial charge < -0.3 is 10.0 Å². The summed E-state index contributed by atoms with van der Waals surface area (Å²) in [4.78, 5) is 6.78. The van der Waals surface area contributed by atoms with E-state index in [1.165, 1.54) is 37.7 Å². The standard InChI is InChI=1S/C14H21BrN2O/c1-11-7-8-16-14(13(11)15)17(9-10-18)12-5-3-2-4-6-12/h7-8,12,18H,2-6,9-10H2,1H3. The minimum Gasteiger partial charge on any atom is -0.395 e. The van der Waals surface area contributed by atoms with Gasteiger partial charge in [0.05, 0.1) is 11.1 Å². The van der Waals surface area contributed by atoms with Gasteiger partial charge in [0.25, 0.3) is 0 Å². The lowest BCUT2D eigenvalue weighted by Gasteiger charge is -2.35. The van der Waals surface area contributed by atoms with Gasteiger partial charge in [-0.05, 0) is 47.3 Å². The summed E-state index contributed by atoms with van der Waals surface area (Å²) in [6.45, 7) is 2.92. The maximum Gasteiger partial charge on any atom is 0.143 e. The van der Waals surface area contributed by atoms with Crippen molar-refractivity contribution in [2.45, 2.75) is 45.1 Å². The SMILES string of the molecule is Cc1ccnc(N(CCO)C2CCCCC2)c1Br. The Hall–Kier alpha value is -0.610. The van der Waals surface area contributed by atoms with E-state index in [1.54, 1.807) is 0 Å². The fourth-order valence-electron chi connectivity index (χ4n) is 2.69. The van der Waals surface area contributed by atoms with Crippen molar-refractivity contribution in [2.75, 3.05) is 18.1 Å². The molecule has 1 fully saturated rings. The van der Waals surface area contributed by atoms with E-state index in [4.69, 9.17) is 0 Å². The van der Waals surface area contributed by atoms with Crippen molar-refractivity contribution in [3.8, 4) is 0 Å². The highest BCUT2D eigenvalue weighted by Crippen LogP contribution is 2.32. The third kappa shape index (κ3) is 3.04. The average molecular weight is 313 g/mol. The van der Waals surface area contributed by atoms with Crippen LogP contribution < -0.4 is 4.90 Å². The molecule has 0 bridgehead atoms. The van der Waals surface area contributed by atoms with E-state index in [2.05, 4.69) is 32.7 Å². The number of rotatable bonds is 4.